The number of halogens is 2. The minimum absolute atomic E-state index is 0.0332. The normalized spacial score (nSPS) is 13.8. The molecule has 1 N–H and O–H groups in total. The number of fused-ring (bicyclic) bond motifs is 1. The highest BCUT2D eigenvalue weighted by Gasteiger charge is 2.31. The summed E-state index contributed by atoms with van der Waals surface area (Å²) >= 11 is 0. The number of rotatable bonds is 10. The Morgan fingerprint density at radius 3 is 2.57 bits per heavy atom. The highest BCUT2D eigenvalue weighted by Crippen LogP contribution is 2.41. The van der Waals surface area contributed by atoms with Crippen LogP contribution in [0, 0.1) is 5.92 Å². The van der Waals surface area contributed by atoms with Crippen molar-refractivity contribution in [1.29, 1.82) is 0 Å². The second-order valence-electron chi connectivity index (χ2n) is 9.29. The fraction of sp³-hybridized carbons (Fsp3) is 0.423. The average molecular weight is 486 g/mol. The van der Waals surface area contributed by atoms with Gasteiger partial charge in [-0.3, -0.25) is 9.59 Å². The van der Waals surface area contributed by atoms with Crippen molar-refractivity contribution < 1.29 is 27.8 Å². The number of alkyl halides is 2. The Balaban J connectivity index is 1.77. The molecule has 1 amide bonds. The molecule has 9 heteroatoms. The topological polar surface area (TPSA) is 81.9 Å². The minimum atomic E-state index is -3.09. The van der Waals surface area contributed by atoms with E-state index in [4.69, 9.17) is 9.47 Å². The van der Waals surface area contributed by atoms with Crippen LogP contribution in [0.15, 0.2) is 36.7 Å². The van der Waals surface area contributed by atoms with Gasteiger partial charge in [-0.05, 0) is 68.9 Å². The standard InChI is InChI=1S/C26H29F2N3O4/c1-5-29-24(33)26(2,3)17-8-9-19-18(13-30-31(19)14-17)16-11-21(34-4)23(20(32)10-15-6-7-15)22(12-16)35-25(27)28/h8-9,11-15,25H,5-7,10H2,1-4H3,(H,29,33). The average Bonchev–Trinajstić information content (AvgIpc) is 3.52. The van der Waals surface area contributed by atoms with Crippen LogP contribution in [0.1, 0.15) is 56.0 Å². The number of Topliss-reactive ketones (excluding diaryl/α,β-unsaturated/α-hetero) is 1. The highest BCUT2D eigenvalue weighted by molar-refractivity contribution is 6.02. The molecule has 2 aromatic heterocycles. The zero-order chi connectivity index (χ0) is 25.3. The number of amides is 1. The Morgan fingerprint density at radius 1 is 1.23 bits per heavy atom. The maximum Gasteiger partial charge on any atom is 0.387 e. The lowest BCUT2D eigenvalue weighted by Gasteiger charge is -2.23. The quantitative estimate of drug-likeness (QED) is 0.409. The van der Waals surface area contributed by atoms with Gasteiger partial charge in [0.15, 0.2) is 5.78 Å². The third-order valence-electron chi connectivity index (χ3n) is 6.41. The van der Waals surface area contributed by atoms with Crippen molar-refractivity contribution in [2.75, 3.05) is 13.7 Å². The predicted molar refractivity (Wildman–Crippen MR) is 127 cm³/mol. The maximum absolute atomic E-state index is 13.3. The van der Waals surface area contributed by atoms with Gasteiger partial charge in [0.25, 0.3) is 0 Å². The van der Waals surface area contributed by atoms with Crippen molar-refractivity contribution in [2.24, 2.45) is 5.92 Å². The number of methoxy groups -OCH3 is 1. The van der Waals surface area contributed by atoms with Gasteiger partial charge in [-0.2, -0.15) is 13.9 Å². The monoisotopic (exact) mass is 485 g/mol. The summed E-state index contributed by atoms with van der Waals surface area (Å²) in [6.45, 7) is 2.97. The number of ketones is 1. The van der Waals surface area contributed by atoms with E-state index in [1.54, 1.807) is 23.0 Å². The van der Waals surface area contributed by atoms with Crippen LogP contribution < -0.4 is 14.8 Å². The maximum atomic E-state index is 13.3. The van der Waals surface area contributed by atoms with Gasteiger partial charge in [0, 0.05) is 24.7 Å². The zero-order valence-corrected chi connectivity index (χ0v) is 20.2. The second kappa shape index (κ2) is 9.64. The SMILES string of the molecule is CCNC(=O)C(C)(C)c1ccc2c(-c3cc(OC)c(C(=O)CC4CC4)c(OC(F)F)c3)cnn2c1. The molecule has 0 aliphatic heterocycles. The number of nitrogens with one attached hydrogen (secondary N) is 1. The molecular formula is C26H29F2N3O4. The fourth-order valence-corrected chi connectivity index (χ4v) is 4.15. The van der Waals surface area contributed by atoms with Crippen LogP contribution in [-0.4, -0.2) is 41.6 Å². The summed E-state index contributed by atoms with van der Waals surface area (Å²) in [5.41, 5.74) is 1.89. The first-order valence-electron chi connectivity index (χ1n) is 11.6. The number of benzene rings is 1. The number of hydrogen-bond donors (Lipinski definition) is 1. The smallest absolute Gasteiger partial charge is 0.387 e. The van der Waals surface area contributed by atoms with E-state index in [-0.39, 0.29) is 41.1 Å². The second-order valence-corrected chi connectivity index (χ2v) is 9.29. The molecule has 1 aliphatic rings. The van der Waals surface area contributed by atoms with Gasteiger partial charge in [0.05, 0.1) is 24.2 Å². The summed E-state index contributed by atoms with van der Waals surface area (Å²) in [7, 11) is 1.39. The van der Waals surface area contributed by atoms with Crippen LogP contribution in [0.2, 0.25) is 0 Å². The summed E-state index contributed by atoms with van der Waals surface area (Å²) in [4.78, 5) is 25.4. The largest absolute Gasteiger partial charge is 0.496 e. The summed E-state index contributed by atoms with van der Waals surface area (Å²) in [5, 5.41) is 7.26. The van der Waals surface area contributed by atoms with Crippen molar-refractivity contribution >= 4 is 17.2 Å². The summed E-state index contributed by atoms with van der Waals surface area (Å²) in [6.07, 6.45) is 5.56. The minimum Gasteiger partial charge on any atom is -0.496 e. The molecule has 0 atom stereocenters. The molecule has 0 unspecified atom stereocenters. The number of ether oxygens (including phenoxy) is 2. The third kappa shape index (κ3) is 4.99. The van der Waals surface area contributed by atoms with Gasteiger partial charge in [-0.25, -0.2) is 4.52 Å². The Bertz CT molecular complexity index is 1260. The molecule has 1 saturated carbocycles. The number of nitrogens with zero attached hydrogens (tertiary/aromatic N) is 2. The molecule has 186 valence electrons. The Hall–Kier alpha value is -3.49. The Morgan fingerprint density at radius 2 is 1.94 bits per heavy atom. The van der Waals surface area contributed by atoms with Crippen molar-refractivity contribution in [1.82, 2.24) is 14.9 Å². The Labute approximate surface area is 202 Å². The van der Waals surface area contributed by atoms with E-state index >= 15 is 0 Å². The molecule has 0 radical (unpaired) electrons. The lowest BCUT2D eigenvalue weighted by atomic mass is 9.84. The van der Waals surface area contributed by atoms with Crippen LogP contribution in [-0.2, 0) is 10.2 Å². The summed E-state index contributed by atoms with van der Waals surface area (Å²) in [5.74, 6) is -0.130. The molecule has 0 bridgehead atoms. The van der Waals surface area contributed by atoms with Gasteiger partial charge in [-0.15, -0.1) is 0 Å². The van der Waals surface area contributed by atoms with Gasteiger partial charge < -0.3 is 14.8 Å². The molecule has 35 heavy (non-hydrogen) atoms. The van der Waals surface area contributed by atoms with Crippen molar-refractivity contribution in [2.45, 2.75) is 52.1 Å². The predicted octanol–water partition coefficient (Wildman–Crippen LogP) is 5.01. The van der Waals surface area contributed by atoms with Crippen LogP contribution >= 0.6 is 0 Å². The van der Waals surface area contributed by atoms with Crippen molar-refractivity contribution in [3.63, 3.8) is 0 Å². The molecule has 4 rings (SSSR count). The molecule has 1 fully saturated rings. The first-order chi connectivity index (χ1) is 16.6. The molecule has 1 aromatic carbocycles. The molecule has 7 nitrogen and oxygen atoms in total. The molecular weight excluding hydrogens is 456 g/mol. The number of carbonyl (C=O) groups excluding carboxylic acids is 2. The van der Waals surface area contributed by atoms with Gasteiger partial charge in [0.2, 0.25) is 5.91 Å². The third-order valence-corrected chi connectivity index (χ3v) is 6.41. The van der Waals surface area contributed by atoms with E-state index in [1.165, 1.54) is 13.2 Å². The van der Waals surface area contributed by atoms with Crippen molar-refractivity contribution in [3.8, 4) is 22.6 Å². The lowest BCUT2D eigenvalue weighted by Crippen LogP contribution is -2.40. The van der Waals surface area contributed by atoms with Crippen LogP contribution in [0.5, 0.6) is 11.5 Å². The molecule has 2 heterocycles. The summed E-state index contributed by atoms with van der Waals surface area (Å²) < 4.78 is 38.4. The van der Waals surface area contributed by atoms with E-state index in [0.717, 1.165) is 18.4 Å². The van der Waals surface area contributed by atoms with Crippen LogP contribution in [0.3, 0.4) is 0 Å². The molecule has 3 aromatic rings. The number of hydrogen-bond acceptors (Lipinski definition) is 5. The summed E-state index contributed by atoms with van der Waals surface area (Å²) in [6, 6.07) is 6.74. The van der Waals surface area contributed by atoms with Crippen LogP contribution in [0.4, 0.5) is 8.78 Å². The van der Waals surface area contributed by atoms with E-state index < -0.39 is 12.0 Å². The number of pyridine rings is 1. The molecule has 0 spiro atoms. The first kappa shape index (κ1) is 24.6. The van der Waals surface area contributed by atoms with E-state index in [1.807, 2.05) is 32.9 Å². The zero-order valence-electron chi connectivity index (χ0n) is 20.2. The lowest BCUT2D eigenvalue weighted by molar-refractivity contribution is -0.125. The van der Waals surface area contributed by atoms with Gasteiger partial charge >= 0.3 is 6.61 Å². The van der Waals surface area contributed by atoms with Gasteiger partial charge in [-0.1, -0.05) is 6.07 Å². The molecule has 1 aliphatic carbocycles. The van der Waals surface area contributed by atoms with Crippen molar-refractivity contribution in [3.05, 3.63) is 47.8 Å². The number of carbonyl (C=O) groups is 2. The number of aromatic nitrogens is 2. The van der Waals surface area contributed by atoms with E-state index in [2.05, 4.69) is 10.4 Å². The van der Waals surface area contributed by atoms with Crippen LogP contribution in [0.25, 0.3) is 16.6 Å². The van der Waals surface area contributed by atoms with E-state index in [9.17, 15) is 18.4 Å². The van der Waals surface area contributed by atoms with E-state index in [0.29, 0.717) is 23.2 Å². The first-order valence-corrected chi connectivity index (χ1v) is 11.6. The number of likely N-dealkylation sites (N-methyl/N-ethyl adjacent to an activating group) is 1. The fourth-order valence-electron chi connectivity index (χ4n) is 4.15. The van der Waals surface area contributed by atoms with Gasteiger partial charge in [0.1, 0.15) is 17.1 Å². The Kier molecular flexibility index (Phi) is 6.78. The highest BCUT2D eigenvalue weighted by atomic mass is 19.3. The molecule has 0 saturated heterocycles.